The molecule has 192 valence electrons. The van der Waals surface area contributed by atoms with Gasteiger partial charge in [0.2, 0.25) is 5.91 Å². The summed E-state index contributed by atoms with van der Waals surface area (Å²) >= 11 is 8.94. The van der Waals surface area contributed by atoms with Crippen LogP contribution >= 0.6 is 34.7 Å². The van der Waals surface area contributed by atoms with Crippen molar-refractivity contribution >= 4 is 61.9 Å². The van der Waals surface area contributed by atoms with E-state index in [1.54, 1.807) is 30.3 Å². The molecule has 0 fully saturated rings. The van der Waals surface area contributed by atoms with Gasteiger partial charge in [0.1, 0.15) is 0 Å². The van der Waals surface area contributed by atoms with Gasteiger partial charge in [0.15, 0.2) is 16.1 Å². The molecule has 0 aliphatic rings. The lowest BCUT2D eigenvalue weighted by atomic mass is 10.0. The molecule has 2 amide bonds. The second kappa shape index (κ2) is 12.4. The molecular formula is C26H27ClN6O2S2. The molecule has 0 unspecified atom stereocenters. The summed E-state index contributed by atoms with van der Waals surface area (Å²) in [5, 5.41) is 16.2. The third-order valence-corrected chi connectivity index (χ3v) is 7.62. The Morgan fingerprint density at radius 3 is 2.65 bits per heavy atom. The fourth-order valence-electron chi connectivity index (χ4n) is 3.76. The zero-order valence-corrected chi connectivity index (χ0v) is 22.9. The van der Waals surface area contributed by atoms with Crippen LogP contribution < -0.4 is 10.6 Å². The van der Waals surface area contributed by atoms with E-state index in [1.165, 1.54) is 23.1 Å². The minimum Gasteiger partial charge on any atom is -0.342 e. The smallest absolute Gasteiger partial charge is 0.253 e. The molecule has 2 N–H and O–H groups in total. The summed E-state index contributed by atoms with van der Waals surface area (Å²) in [7, 11) is 0. The van der Waals surface area contributed by atoms with Gasteiger partial charge in [0, 0.05) is 6.54 Å². The van der Waals surface area contributed by atoms with Crippen molar-refractivity contribution < 1.29 is 9.59 Å². The molecule has 0 aliphatic heterocycles. The summed E-state index contributed by atoms with van der Waals surface area (Å²) < 4.78 is 2.89. The number of para-hydroxylation sites is 1. The van der Waals surface area contributed by atoms with Crippen molar-refractivity contribution in [2.24, 2.45) is 5.92 Å². The van der Waals surface area contributed by atoms with Crippen LogP contribution in [-0.4, -0.2) is 37.3 Å². The van der Waals surface area contributed by atoms with Crippen LogP contribution in [0.1, 0.15) is 42.5 Å². The Labute approximate surface area is 228 Å². The van der Waals surface area contributed by atoms with Gasteiger partial charge in [0.25, 0.3) is 5.91 Å². The fourth-order valence-corrected chi connectivity index (χ4v) is 5.62. The number of thioether (sulfide) groups is 1. The Kier molecular flexibility index (Phi) is 8.96. The highest BCUT2D eigenvalue weighted by Gasteiger charge is 2.25. The lowest BCUT2D eigenvalue weighted by Gasteiger charge is -2.21. The number of allylic oxidation sites excluding steroid dienone is 1. The highest BCUT2D eigenvalue weighted by molar-refractivity contribution is 7.99. The number of amides is 2. The third kappa shape index (κ3) is 6.76. The predicted octanol–water partition coefficient (Wildman–Crippen LogP) is 5.98. The van der Waals surface area contributed by atoms with Gasteiger partial charge >= 0.3 is 0 Å². The maximum Gasteiger partial charge on any atom is 0.253 e. The molecule has 0 saturated carbocycles. The predicted molar refractivity (Wildman–Crippen MR) is 150 cm³/mol. The molecule has 0 aliphatic carbocycles. The fraction of sp³-hybridized carbons (Fsp3) is 0.269. The first kappa shape index (κ1) is 26.8. The molecule has 8 nitrogen and oxygen atoms in total. The SMILES string of the molecule is C=CCn1c(SCC(=O)Nc2nc3ccccc3s2)nnc1[C@H](CC(C)C)NC(=O)c1ccccc1Cl. The van der Waals surface area contributed by atoms with E-state index in [-0.39, 0.29) is 23.5 Å². The molecule has 4 rings (SSSR count). The lowest BCUT2D eigenvalue weighted by Crippen LogP contribution is -2.32. The Hall–Kier alpha value is -3.21. The normalized spacial score (nSPS) is 12.0. The van der Waals surface area contributed by atoms with E-state index >= 15 is 0 Å². The van der Waals surface area contributed by atoms with Crippen molar-refractivity contribution in [2.45, 2.75) is 38.0 Å². The number of benzene rings is 2. The molecule has 0 spiro atoms. The number of rotatable bonds is 11. The van der Waals surface area contributed by atoms with Gasteiger partial charge in [-0.2, -0.15) is 0 Å². The molecule has 1 atom stereocenters. The molecule has 2 heterocycles. The second-order valence-electron chi connectivity index (χ2n) is 8.70. The van der Waals surface area contributed by atoms with Gasteiger partial charge < -0.3 is 15.2 Å². The van der Waals surface area contributed by atoms with Crippen LogP contribution in [0.5, 0.6) is 0 Å². The summed E-state index contributed by atoms with van der Waals surface area (Å²) in [4.78, 5) is 30.1. The maximum absolute atomic E-state index is 13.0. The standard InChI is InChI=1S/C26H27ClN6O2S2/c1-4-13-33-23(20(14-16(2)3)28-24(35)17-9-5-6-10-18(17)27)31-32-26(33)36-15-22(34)30-25-29-19-11-7-8-12-21(19)37-25/h4-12,16,20H,1,13-15H2,2-3H3,(H,28,35)(H,29,30,34)/t20-/m0/s1. The number of thiazole rings is 1. The number of carbonyl (C=O) groups excluding carboxylic acids is 2. The van der Waals surface area contributed by atoms with Crippen LogP contribution in [0.25, 0.3) is 10.2 Å². The zero-order valence-electron chi connectivity index (χ0n) is 20.5. The molecular weight excluding hydrogens is 528 g/mol. The van der Waals surface area contributed by atoms with Crippen molar-refractivity contribution in [1.82, 2.24) is 25.1 Å². The number of nitrogens with one attached hydrogen (secondary N) is 2. The first-order chi connectivity index (χ1) is 17.9. The Balaban J connectivity index is 1.49. The number of fused-ring (bicyclic) bond motifs is 1. The highest BCUT2D eigenvalue weighted by atomic mass is 35.5. The quantitative estimate of drug-likeness (QED) is 0.175. The van der Waals surface area contributed by atoms with E-state index in [0.29, 0.717) is 39.7 Å². The Morgan fingerprint density at radius 2 is 1.92 bits per heavy atom. The third-order valence-electron chi connectivity index (χ3n) is 5.37. The molecule has 2 aromatic heterocycles. The van der Waals surface area contributed by atoms with Crippen LogP contribution in [0, 0.1) is 5.92 Å². The van der Waals surface area contributed by atoms with Crippen LogP contribution in [0.15, 0.2) is 66.3 Å². The van der Waals surface area contributed by atoms with Crippen LogP contribution in [0.4, 0.5) is 5.13 Å². The number of aromatic nitrogens is 4. The molecule has 2 aromatic carbocycles. The Morgan fingerprint density at radius 1 is 1.16 bits per heavy atom. The topological polar surface area (TPSA) is 102 Å². The molecule has 0 radical (unpaired) electrons. The average molecular weight is 555 g/mol. The van der Waals surface area contributed by atoms with Crippen molar-refractivity contribution in [3.8, 4) is 0 Å². The summed E-state index contributed by atoms with van der Waals surface area (Å²) in [5.41, 5.74) is 1.25. The number of anilines is 1. The second-order valence-corrected chi connectivity index (χ2v) is 11.1. The van der Waals surface area contributed by atoms with E-state index in [4.69, 9.17) is 11.6 Å². The van der Waals surface area contributed by atoms with E-state index < -0.39 is 6.04 Å². The van der Waals surface area contributed by atoms with Gasteiger partial charge in [-0.05, 0) is 36.6 Å². The number of hydrogen-bond acceptors (Lipinski definition) is 7. The van der Waals surface area contributed by atoms with Crippen LogP contribution in [0.3, 0.4) is 0 Å². The van der Waals surface area contributed by atoms with E-state index in [9.17, 15) is 9.59 Å². The minimum atomic E-state index is -0.401. The lowest BCUT2D eigenvalue weighted by molar-refractivity contribution is -0.113. The molecule has 0 saturated heterocycles. The van der Waals surface area contributed by atoms with Crippen LogP contribution in [0.2, 0.25) is 5.02 Å². The average Bonchev–Trinajstić information content (AvgIpc) is 3.45. The molecule has 37 heavy (non-hydrogen) atoms. The Bertz CT molecular complexity index is 1380. The van der Waals surface area contributed by atoms with E-state index in [1.807, 2.05) is 28.8 Å². The van der Waals surface area contributed by atoms with Gasteiger partial charge in [-0.15, -0.1) is 16.8 Å². The summed E-state index contributed by atoms with van der Waals surface area (Å²) in [5.74, 6) is 0.536. The summed E-state index contributed by atoms with van der Waals surface area (Å²) in [6.45, 7) is 8.43. The molecule has 4 aromatic rings. The number of nitrogens with zero attached hydrogens (tertiary/aromatic N) is 4. The minimum absolute atomic E-state index is 0.131. The van der Waals surface area contributed by atoms with Gasteiger partial charge in [-0.25, -0.2) is 4.98 Å². The van der Waals surface area contributed by atoms with E-state index in [2.05, 4.69) is 46.2 Å². The monoisotopic (exact) mass is 554 g/mol. The molecule has 11 heteroatoms. The van der Waals surface area contributed by atoms with Crippen molar-refractivity contribution in [3.05, 3.63) is 77.6 Å². The van der Waals surface area contributed by atoms with Gasteiger partial charge in [-0.3, -0.25) is 9.59 Å². The zero-order chi connectivity index (χ0) is 26.4. The number of hydrogen-bond donors (Lipinski definition) is 2. The highest BCUT2D eigenvalue weighted by Crippen LogP contribution is 2.28. The first-order valence-electron chi connectivity index (χ1n) is 11.7. The van der Waals surface area contributed by atoms with Crippen molar-refractivity contribution in [1.29, 1.82) is 0 Å². The van der Waals surface area contributed by atoms with Crippen molar-refractivity contribution in [3.63, 3.8) is 0 Å². The van der Waals surface area contributed by atoms with Gasteiger partial charge in [-0.1, -0.05) is 78.9 Å². The number of halogens is 1. The molecule has 0 bridgehead atoms. The summed E-state index contributed by atoms with van der Waals surface area (Å²) in [6, 6.07) is 14.2. The first-order valence-corrected chi connectivity index (χ1v) is 13.9. The van der Waals surface area contributed by atoms with Gasteiger partial charge in [0.05, 0.1) is 32.6 Å². The largest absolute Gasteiger partial charge is 0.342 e. The van der Waals surface area contributed by atoms with E-state index in [0.717, 1.165) is 10.2 Å². The summed E-state index contributed by atoms with van der Waals surface area (Å²) in [6.07, 6.45) is 2.38. The number of carbonyl (C=O) groups is 2. The van der Waals surface area contributed by atoms with Crippen LogP contribution in [-0.2, 0) is 11.3 Å². The maximum atomic E-state index is 13.0. The van der Waals surface area contributed by atoms with Crippen molar-refractivity contribution in [2.75, 3.05) is 11.1 Å².